The Kier molecular flexibility index (Phi) is 8.26. The molecule has 5 nitrogen and oxygen atoms in total. The summed E-state index contributed by atoms with van der Waals surface area (Å²) in [6, 6.07) is 0. The summed E-state index contributed by atoms with van der Waals surface area (Å²) in [4.78, 5) is 24.7. The average molecular weight is 285 g/mol. The van der Waals surface area contributed by atoms with Crippen molar-refractivity contribution in [1.82, 2.24) is 4.90 Å². The number of nitrogens with zero attached hydrogens (tertiary/aromatic N) is 1. The van der Waals surface area contributed by atoms with Crippen molar-refractivity contribution in [3.8, 4) is 0 Å². The van der Waals surface area contributed by atoms with Gasteiger partial charge in [-0.2, -0.15) is 0 Å². The summed E-state index contributed by atoms with van der Waals surface area (Å²) in [5.41, 5.74) is 0. The van der Waals surface area contributed by atoms with Gasteiger partial charge in [-0.15, -0.1) is 0 Å². The summed E-state index contributed by atoms with van der Waals surface area (Å²) in [6.45, 7) is 2.27. The van der Waals surface area contributed by atoms with E-state index in [1.54, 1.807) is 0 Å². The van der Waals surface area contributed by atoms with Crippen molar-refractivity contribution in [1.29, 1.82) is 0 Å². The van der Waals surface area contributed by atoms with Crippen molar-refractivity contribution in [3.63, 3.8) is 0 Å². The third kappa shape index (κ3) is 6.89. The van der Waals surface area contributed by atoms with Crippen LogP contribution in [0.2, 0.25) is 0 Å². The molecule has 1 aliphatic rings. The van der Waals surface area contributed by atoms with Gasteiger partial charge < -0.3 is 14.4 Å². The lowest BCUT2D eigenvalue weighted by Crippen LogP contribution is -2.34. The van der Waals surface area contributed by atoms with Crippen molar-refractivity contribution < 1.29 is 19.1 Å². The molecule has 0 N–H and O–H groups in total. The van der Waals surface area contributed by atoms with E-state index in [0.717, 1.165) is 6.54 Å². The van der Waals surface area contributed by atoms with Crippen LogP contribution in [0, 0.1) is 5.92 Å². The van der Waals surface area contributed by atoms with Gasteiger partial charge in [-0.3, -0.25) is 9.59 Å². The Bertz CT molecular complexity index is 280. The second-order valence-electron chi connectivity index (χ2n) is 5.46. The zero-order valence-corrected chi connectivity index (χ0v) is 12.7. The number of rotatable bonds is 8. The van der Waals surface area contributed by atoms with Gasteiger partial charge in [-0.05, 0) is 18.8 Å². The van der Waals surface area contributed by atoms with E-state index >= 15 is 0 Å². The molecule has 116 valence electrons. The lowest BCUT2D eigenvalue weighted by Gasteiger charge is -2.29. The maximum Gasteiger partial charge on any atom is 0.306 e. The lowest BCUT2D eigenvalue weighted by molar-refractivity contribution is -0.141. The van der Waals surface area contributed by atoms with Gasteiger partial charge in [0.25, 0.3) is 0 Å². The molecule has 0 heterocycles. The molecule has 0 amide bonds. The smallest absolute Gasteiger partial charge is 0.306 e. The molecule has 0 atom stereocenters. The van der Waals surface area contributed by atoms with Crippen LogP contribution in [0.3, 0.4) is 0 Å². The number of carbonyl (C=O) groups is 2. The van der Waals surface area contributed by atoms with Gasteiger partial charge in [0.2, 0.25) is 0 Å². The first-order chi connectivity index (χ1) is 9.65. The van der Waals surface area contributed by atoms with E-state index in [4.69, 9.17) is 0 Å². The maximum absolute atomic E-state index is 11.3. The van der Waals surface area contributed by atoms with Crippen molar-refractivity contribution in [2.24, 2.45) is 5.92 Å². The Morgan fingerprint density at radius 1 is 0.950 bits per heavy atom. The SMILES string of the molecule is COC(=O)CCN(CCC(=O)OC)CC1CCCCC1. The number of carbonyl (C=O) groups excluding carboxylic acids is 2. The summed E-state index contributed by atoms with van der Waals surface area (Å²) < 4.78 is 9.36. The predicted octanol–water partition coefficient (Wildman–Crippen LogP) is 1.99. The molecule has 0 aliphatic heterocycles. The second kappa shape index (κ2) is 9.75. The van der Waals surface area contributed by atoms with E-state index in [9.17, 15) is 9.59 Å². The summed E-state index contributed by atoms with van der Waals surface area (Å²) in [5, 5.41) is 0. The molecule has 0 radical (unpaired) electrons. The number of hydrogen-bond acceptors (Lipinski definition) is 5. The van der Waals surface area contributed by atoms with Gasteiger partial charge >= 0.3 is 11.9 Å². The molecular weight excluding hydrogens is 258 g/mol. The zero-order valence-electron chi connectivity index (χ0n) is 12.7. The molecular formula is C15H27NO4. The molecule has 0 unspecified atom stereocenters. The lowest BCUT2D eigenvalue weighted by atomic mass is 9.89. The van der Waals surface area contributed by atoms with Crippen LogP contribution in [0.15, 0.2) is 0 Å². The van der Waals surface area contributed by atoms with Crippen molar-refractivity contribution in [2.45, 2.75) is 44.9 Å². The van der Waals surface area contributed by atoms with Crippen molar-refractivity contribution in [2.75, 3.05) is 33.9 Å². The van der Waals surface area contributed by atoms with Gasteiger partial charge in [0, 0.05) is 19.6 Å². The highest BCUT2D eigenvalue weighted by molar-refractivity contribution is 5.70. The van der Waals surface area contributed by atoms with Crippen LogP contribution in [0.4, 0.5) is 0 Å². The molecule has 0 bridgehead atoms. The van der Waals surface area contributed by atoms with Gasteiger partial charge in [-0.25, -0.2) is 0 Å². The Labute approximate surface area is 121 Å². The predicted molar refractivity (Wildman–Crippen MR) is 76.3 cm³/mol. The average Bonchev–Trinajstić information content (AvgIpc) is 2.50. The van der Waals surface area contributed by atoms with E-state index in [1.165, 1.54) is 46.3 Å². The molecule has 0 aromatic rings. The Morgan fingerprint density at radius 2 is 1.45 bits per heavy atom. The third-order valence-corrected chi connectivity index (χ3v) is 3.96. The maximum atomic E-state index is 11.3. The van der Waals surface area contributed by atoms with Crippen LogP contribution >= 0.6 is 0 Å². The van der Waals surface area contributed by atoms with Crippen LogP contribution in [-0.2, 0) is 19.1 Å². The van der Waals surface area contributed by atoms with Gasteiger partial charge in [0.15, 0.2) is 0 Å². The summed E-state index contributed by atoms with van der Waals surface area (Å²) in [7, 11) is 2.81. The highest BCUT2D eigenvalue weighted by Crippen LogP contribution is 2.24. The zero-order chi connectivity index (χ0) is 14.8. The standard InChI is InChI=1S/C15H27NO4/c1-19-14(17)8-10-16(11-9-15(18)20-2)12-13-6-4-3-5-7-13/h13H,3-12H2,1-2H3. The molecule has 0 saturated heterocycles. The number of esters is 2. The fraction of sp³-hybridized carbons (Fsp3) is 0.867. The highest BCUT2D eigenvalue weighted by atomic mass is 16.5. The molecule has 5 heteroatoms. The molecule has 1 saturated carbocycles. The highest BCUT2D eigenvalue weighted by Gasteiger charge is 2.18. The first-order valence-electron chi connectivity index (χ1n) is 7.51. The largest absolute Gasteiger partial charge is 0.469 e. The van der Waals surface area contributed by atoms with Crippen molar-refractivity contribution >= 4 is 11.9 Å². The third-order valence-electron chi connectivity index (χ3n) is 3.96. The molecule has 0 spiro atoms. The monoisotopic (exact) mass is 285 g/mol. The Balaban J connectivity index is 2.39. The Morgan fingerprint density at radius 3 is 1.90 bits per heavy atom. The van der Waals surface area contributed by atoms with Gasteiger partial charge in [-0.1, -0.05) is 19.3 Å². The molecule has 1 fully saturated rings. The fourth-order valence-electron chi connectivity index (χ4n) is 2.73. The quantitative estimate of drug-likeness (QED) is 0.638. The number of hydrogen-bond donors (Lipinski definition) is 0. The van der Waals surface area contributed by atoms with E-state index in [-0.39, 0.29) is 11.9 Å². The fourth-order valence-corrected chi connectivity index (χ4v) is 2.73. The molecule has 0 aromatic heterocycles. The van der Waals surface area contributed by atoms with Gasteiger partial charge in [0.05, 0.1) is 27.1 Å². The van der Waals surface area contributed by atoms with E-state index in [1.807, 2.05) is 0 Å². The summed E-state index contributed by atoms with van der Waals surface area (Å²) in [6.07, 6.45) is 7.20. The van der Waals surface area contributed by atoms with Crippen LogP contribution in [0.1, 0.15) is 44.9 Å². The molecule has 0 aromatic carbocycles. The van der Waals surface area contributed by atoms with Crippen LogP contribution in [-0.4, -0.2) is 50.7 Å². The van der Waals surface area contributed by atoms with Crippen molar-refractivity contribution in [3.05, 3.63) is 0 Å². The van der Waals surface area contributed by atoms with Crippen LogP contribution in [0.5, 0.6) is 0 Å². The number of methoxy groups -OCH3 is 2. The van der Waals surface area contributed by atoms with E-state index in [2.05, 4.69) is 14.4 Å². The minimum absolute atomic E-state index is 0.197. The topological polar surface area (TPSA) is 55.8 Å². The van der Waals surface area contributed by atoms with Crippen LogP contribution in [0.25, 0.3) is 0 Å². The Hall–Kier alpha value is -1.10. The van der Waals surface area contributed by atoms with Crippen LogP contribution < -0.4 is 0 Å². The minimum Gasteiger partial charge on any atom is -0.469 e. The normalized spacial score (nSPS) is 16.1. The second-order valence-corrected chi connectivity index (χ2v) is 5.46. The first kappa shape index (κ1) is 17.0. The van der Waals surface area contributed by atoms with E-state index < -0.39 is 0 Å². The molecule has 20 heavy (non-hydrogen) atoms. The minimum atomic E-state index is -0.197. The molecule has 1 rings (SSSR count). The molecule has 1 aliphatic carbocycles. The van der Waals surface area contributed by atoms with E-state index in [0.29, 0.717) is 31.8 Å². The summed E-state index contributed by atoms with van der Waals surface area (Å²) in [5.74, 6) is 0.299. The number of ether oxygens (including phenoxy) is 2. The van der Waals surface area contributed by atoms with Gasteiger partial charge in [0.1, 0.15) is 0 Å². The summed E-state index contributed by atoms with van der Waals surface area (Å²) >= 11 is 0. The first-order valence-corrected chi connectivity index (χ1v) is 7.51.